The highest BCUT2D eigenvalue weighted by Crippen LogP contribution is 2.04. The second-order valence-electron chi connectivity index (χ2n) is 17.0. The first-order chi connectivity index (χ1) is 35.6. The number of hydrogen-bond donors (Lipinski definition) is 20. The molecule has 0 aromatic rings. The Labute approximate surface area is 436 Å². The average molecular weight is 1110 g/mol. The van der Waals surface area contributed by atoms with E-state index in [2.05, 4.69) is 42.5 Å². The fourth-order valence-corrected chi connectivity index (χ4v) is 5.95. The predicted octanol–water partition coefficient (Wildman–Crippen LogP) is -12.1. The van der Waals surface area contributed by atoms with Gasteiger partial charge in [0.1, 0.15) is 48.3 Å². The molecular weight excluding hydrogens is 1040 g/mol. The molecule has 0 spiro atoms. The zero-order chi connectivity index (χ0) is 59.6. The maximum atomic E-state index is 13.0. The van der Waals surface area contributed by atoms with E-state index in [9.17, 15) is 97.1 Å². The first kappa shape index (κ1) is 68.4. The Hall–Kier alpha value is -8.64. The van der Waals surface area contributed by atoms with E-state index in [1.54, 1.807) is 0 Å². The molecule has 12 atom stereocenters. The molecule has 0 aliphatic heterocycles. The van der Waals surface area contributed by atoms with Gasteiger partial charge in [-0.1, -0.05) is 0 Å². The van der Waals surface area contributed by atoms with Crippen LogP contribution in [0.15, 0.2) is 0 Å². The minimum atomic E-state index is -1.96. The standard InChI is InChI=1S/C41H66N14O22/c1-14(33(68)49-15(2)34(69)53-32(18(5)58)40(75)55-31(17(4)57)39(74)52-22(41(76)77)10-29(66)67)48-26(62)12-45-25(61)11-46-36(71)20(8-23(43)59)50-27(63)13-47-38(73)30(16(3)56)54-37(72)21(9-24(44)60)51-35(70)19(42)6-7-28(64)65/h14-22,30-32,56-58H,6-13,42H2,1-5H3,(H2,43,59)(H2,44,60)(H,45,61)(H,46,71)(H,47,73)(H,48,62)(H,49,68)(H,50,63)(H,51,70)(H,52,74)(H,53,69)(H,54,72)(H,55,75)(H,64,65)(H,66,67)(H,76,77)/t14-,15-,16+,17+,18+,19-,20-,21-,22-,30-,31-,32-/m0/s1. The average Bonchev–Trinajstić information content (AvgIpc) is 3.31. The van der Waals surface area contributed by atoms with Crippen molar-refractivity contribution in [1.29, 1.82) is 0 Å². The fraction of sp³-hybridized carbons (Fsp3) is 0.610. The van der Waals surface area contributed by atoms with Crippen LogP contribution in [0.2, 0.25) is 0 Å². The van der Waals surface area contributed by atoms with Gasteiger partial charge < -0.3 is 106 Å². The van der Waals surface area contributed by atoms with E-state index in [0.717, 1.165) is 34.6 Å². The number of carboxylic acid groups (broad SMARTS) is 3. The van der Waals surface area contributed by atoms with Crippen LogP contribution in [-0.2, 0) is 76.7 Å². The number of nitrogens with two attached hydrogens (primary N) is 3. The van der Waals surface area contributed by atoms with E-state index >= 15 is 0 Å². The quantitative estimate of drug-likeness (QED) is 0.0280. The molecule has 0 bridgehead atoms. The summed E-state index contributed by atoms with van der Waals surface area (Å²) in [5, 5.41) is 80.3. The van der Waals surface area contributed by atoms with Crippen LogP contribution < -0.4 is 75.7 Å². The summed E-state index contributed by atoms with van der Waals surface area (Å²) in [6.45, 7) is 2.69. The number of hydrogen-bond acceptors (Lipinski definition) is 20. The van der Waals surface area contributed by atoms with E-state index in [1.807, 2.05) is 16.0 Å². The maximum absolute atomic E-state index is 13.0. The minimum Gasteiger partial charge on any atom is -0.481 e. The highest BCUT2D eigenvalue weighted by molar-refractivity contribution is 5.99. The SMILES string of the molecule is C[C@H](NC(=O)CNC(=O)CNC(=O)[C@H](CC(N)=O)NC(=O)CNC(=O)[C@@H](NC(=O)[C@H](CC(N)=O)NC(=O)[C@@H](N)CCC(=O)O)[C@@H](C)O)C(=O)N[C@@H](C)C(=O)N[C@H](C(=O)N[C@H](C(=O)N[C@@H](CC(=O)O)C(=O)O)[C@@H](C)O)[C@@H](C)O. The molecule has 0 unspecified atom stereocenters. The van der Waals surface area contributed by atoms with Crippen molar-refractivity contribution in [3.8, 4) is 0 Å². The van der Waals surface area contributed by atoms with Crippen molar-refractivity contribution in [3.63, 3.8) is 0 Å². The van der Waals surface area contributed by atoms with Gasteiger partial charge in [0.15, 0.2) is 0 Å². The van der Waals surface area contributed by atoms with Gasteiger partial charge in [0.05, 0.1) is 63.3 Å². The van der Waals surface area contributed by atoms with E-state index in [-0.39, 0.29) is 6.42 Å². The number of carboxylic acids is 3. The van der Waals surface area contributed by atoms with Gasteiger partial charge in [0.2, 0.25) is 76.8 Å². The third-order valence-corrected chi connectivity index (χ3v) is 10.1. The van der Waals surface area contributed by atoms with E-state index in [4.69, 9.17) is 27.4 Å². The predicted molar refractivity (Wildman–Crippen MR) is 253 cm³/mol. The second kappa shape index (κ2) is 33.3. The molecule has 36 nitrogen and oxygen atoms in total. The molecule has 0 fully saturated rings. The van der Waals surface area contributed by atoms with Crippen LogP contribution in [0.3, 0.4) is 0 Å². The van der Waals surface area contributed by atoms with Gasteiger partial charge in [-0.25, -0.2) is 4.79 Å². The first-order valence-corrected chi connectivity index (χ1v) is 22.8. The summed E-state index contributed by atoms with van der Waals surface area (Å²) < 4.78 is 0. The lowest BCUT2D eigenvalue weighted by molar-refractivity contribution is -0.148. The largest absolute Gasteiger partial charge is 0.481 e. The zero-order valence-electron chi connectivity index (χ0n) is 42.0. The van der Waals surface area contributed by atoms with Crippen molar-refractivity contribution in [2.75, 3.05) is 19.6 Å². The Morgan fingerprint density at radius 1 is 0.390 bits per heavy atom. The van der Waals surface area contributed by atoms with Crippen molar-refractivity contribution < 1.29 is 107 Å². The third kappa shape index (κ3) is 26.9. The molecule has 0 aromatic carbocycles. The molecule has 0 saturated heterocycles. The Morgan fingerprint density at radius 2 is 0.779 bits per heavy atom. The van der Waals surface area contributed by atoms with Crippen molar-refractivity contribution in [2.45, 2.75) is 139 Å². The van der Waals surface area contributed by atoms with Gasteiger partial charge in [0, 0.05) is 6.42 Å². The van der Waals surface area contributed by atoms with E-state index < -0.39 is 213 Å². The Kier molecular flexibility index (Phi) is 29.6. The molecule has 36 heteroatoms. The Morgan fingerprint density at radius 3 is 1.26 bits per heavy atom. The summed E-state index contributed by atoms with van der Waals surface area (Å²) in [7, 11) is 0. The smallest absolute Gasteiger partial charge is 0.326 e. The summed E-state index contributed by atoms with van der Waals surface area (Å²) in [5.74, 6) is -19.5. The maximum Gasteiger partial charge on any atom is 0.326 e. The summed E-state index contributed by atoms with van der Waals surface area (Å²) >= 11 is 0. The van der Waals surface area contributed by atoms with Crippen molar-refractivity contribution in [1.82, 2.24) is 58.5 Å². The zero-order valence-corrected chi connectivity index (χ0v) is 42.0. The molecule has 432 valence electrons. The molecule has 77 heavy (non-hydrogen) atoms. The number of primary amides is 2. The Bertz CT molecular complexity index is 2230. The van der Waals surface area contributed by atoms with Crippen LogP contribution in [0, 0.1) is 0 Å². The number of rotatable bonds is 35. The lowest BCUT2D eigenvalue weighted by Crippen LogP contribution is -2.62. The highest BCUT2D eigenvalue weighted by atomic mass is 16.4. The highest BCUT2D eigenvalue weighted by Gasteiger charge is 2.36. The summed E-state index contributed by atoms with van der Waals surface area (Å²) in [5.41, 5.74) is 16.0. The van der Waals surface area contributed by atoms with Crippen molar-refractivity contribution in [2.24, 2.45) is 17.2 Å². The monoisotopic (exact) mass is 1110 g/mol. The molecule has 0 aromatic heterocycles. The molecule has 13 amide bonds. The van der Waals surface area contributed by atoms with Crippen LogP contribution in [0.25, 0.3) is 0 Å². The number of carbonyl (C=O) groups excluding carboxylic acids is 13. The van der Waals surface area contributed by atoms with E-state index in [0.29, 0.717) is 0 Å². The molecule has 0 heterocycles. The van der Waals surface area contributed by atoms with Gasteiger partial charge in [-0.15, -0.1) is 0 Å². The van der Waals surface area contributed by atoms with Crippen LogP contribution in [-0.4, -0.2) is 218 Å². The lowest BCUT2D eigenvalue weighted by atomic mass is 10.1. The normalized spacial score (nSPS) is 15.4. The molecule has 0 saturated carbocycles. The minimum absolute atomic E-state index is 0.357. The molecule has 0 aliphatic carbocycles. The van der Waals surface area contributed by atoms with Gasteiger partial charge in [-0.05, 0) is 41.0 Å². The summed E-state index contributed by atoms with van der Waals surface area (Å²) in [6.07, 6.45) is -8.73. The fourth-order valence-electron chi connectivity index (χ4n) is 5.95. The van der Waals surface area contributed by atoms with Gasteiger partial charge >= 0.3 is 17.9 Å². The van der Waals surface area contributed by atoms with Crippen LogP contribution in [0.5, 0.6) is 0 Å². The molecule has 23 N–H and O–H groups in total. The number of nitrogens with one attached hydrogen (secondary N) is 11. The summed E-state index contributed by atoms with van der Waals surface area (Å²) in [6, 6.07) is -15.5. The van der Waals surface area contributed by atoms with Crippen LogP contribution >= 0.6 is 0 Å². The van der Waals surface area contributed by atoms with Gasteiger partial charge in [-0.2, -0.15) is 0 Å². The van der Waals surface area contributed by atoms with Crippen molar-refractivity contribution >= 4 is 94.7 Å². The molecule has 0 aliphatic rings. The number of carbonyl (C=O) groups is 16. The summed E-state index contributed by atoms with van der Waals surface area (Å²) in [4.78, 5) is 197. The topological polar surface area (TPSA) is 605 Å². The number of amides is 13. The third-order valence-electron chi connectivity index (χ3n) is 10.1. The van der Waals surface area contributed by atoms with Crippen LogP contribution in [0.1, 0.15) is 66.7 Å². The second-order valence-corrected chi connectivity index (χ2v) is 17.0. The number of aliphatic hydroxyl groups excluding tert-OH is 3. The molecular formula is C41H66N14O22. The number of aliphatic carboxylic acids is 3. The lowest BCUT2D eigenvalue weighted by Gasteiger charge is -2.27. The Balaban J connectivity index is 5.37. The molecule has 0 radical (unpaired) electrons. The van der Waals surface area contributed by atoms with Gasteiger partial charge in [0.25, 0.3) is 0 Å². The van der Waals surface area contributed by atoms with Gasteiger partial charge in [-0.3, -0.25) is 71.9 Å². The van der Waals surface area contributed by atoms with Crippen molar-refractivity contribution in [3.05, 3.63) is 0 Å². The first-order valence-electron chi connectivity index (χ1n) is 22.8. The number of aliphatic hydroxyl groups is 3. The van der Waals surface area contributed by atoms with E-state index in [1.165, 1.54) is 0 Å². The van der Waals surface area contributed by atoms with Crippen LogP contribution in [0.4, 0.5) is 0 Å². The molecule has 0 rings (SSSR count).